The monoisotopic (exact) mass is 254 g/mol. The second-order valence-corrected chi connectivity index (χ2v) is 3.65. The van der Waals surface area contributed by atoms with Gasteiger partial charge in [0, 0.05) is 6.20 Å². The van der Waals surface area contributed by atoms with Crippen LogP contribution in [0.2, 0.25) is 0 Å². The third-order valence-corrected chi connectivity index (χ3v) is 2.59. The molecule has 0 saturated heterocycles. The van der Waals surface area contributed by atoms with Crippen LogP contribution in [-0.2, 0) is 0 Å². The average molecular weight is 255 g/mol. The van der Waals surface area contributed by atoms with E-state index in [1.54, 1.807) is 22.7 Å². The number of imidazole rings is 1. The molecule has 0 spiro atoms. The highest BCUT2D eigenvalue weighted by Gasteiger charge is 2.08. The molecule has 5 heteroatoms. The topological polar surface area (TPSA) is 54.6 Å². The van der Waals surface area contributed by atoms with Crippen LogP contribution in [-0.4, -0.2) is 20.5 Å². The summed E-state index contributed by atoms with van der Waals surface area (Å²) in [6.07, 6.45) is 1.68. The minimum atomic E-state index is -0.927. The number of carboxylic acid groups (broad SMARTS) is 1. The van der Waals surface area contributed by atoms with Crippen molar-refractivity contribution in [1.82, 2.24) is 9.38 Å². The third kappa shape index (κ3) is 1.29. The van der Waals surface area contributed by atoms with Crippen LogP contribution in [0.4, 0.5) is 0 Å². The minimum Gasteiger partial charge on any atom is -0.478 e. The molecule has 0 aromatic carbocycles. The molecule has 0 amide bonds. The SMILES string of the molecule is Cc1nc(Br)n2ccc(C(=O)O)cc12. The quantitative estimate of drug-likeness (QED) is 0.848. The van der Waals surface area contributed by atoms with Gasteiger partial charge in [-0.15, -0.1) is 0 Å². The van der Waals surface area contributed by atoms with E-state index in [1.165, 1.54) is 0 Å². The van der Waals surface area contributed by atoms with Crippen molar-refractivity contribution in [2.75, 3.05) is 0 Å². The first-order valence-electron chi connectivity index (χ1n) is 3.97. The normalized spacial score (nSPS) is 10.7. The van der Waals surface area contributed by atoms with Crippen molar-refractivity contribution in [3.05, 3.63) is 34.3 Å². The maximum absolute atomic E-state index is 10.7. The fourth-order valence-corrected chi connectivity index (χ4v) is 1.90. The van der Waals surface area contributed by atoms with Crippen LogP contribution in [0.15, 0.2) is 23.1 Å². The van der Waals surface area contributed by atoms with Crippen molar-refractivity contribution in [3.8, 4) is 0 Å². The molecule has 0 bridgehead atoms. The Labute approximate surface area is 88.3 Å². The van der Waals surface area contributed by atoms with Crippen LogP contribution in [0, 0.1) is 6.92 Å². The molecule has 0 radical (unpaired) electrons. The largest absolute Gasteiger partial charge is 0.478 e. The number of rotatable bonds is 1. The zero-order valence-corrected chi connectivity index (χ0v) is 8.95. The molecule has 2 aromatic rings. The molecule has 2 rings (SSSR count). The number of hydrogen-bond acceptors (Lipinski definition) is 2. The second kappa shape index (κ2) is 3.09. The summed E-state index contributed by atoms with van der Waals surface area (Å²) >= 11 is 3.28. The van der Waals surface area contributed by atoms with Gasteiger partial charge >= 0.3 is 5.97 Å². The molecule has 4 nitrogen and oxygen atoms in total. The highest BCUT2D eigenvalue weighted by molar-refractivity contribution is 9.10. The highest BCUT2D eigenvalue weighted by Crippen LogP contribution is 2.17. The molecule has 0 aliphatic heterocycles. The van der Waals surface area contributed by atoms with E-state index in [4.69, 9.17) is 5.11 Å². The summed E-state index contributed by atoms with van der Waals surface area (Å²) < 4.78 is 2.48. The number of fused-ring (bicyclic) bond motifs is 1. The first-order chi connectivity index (χ1) is 6.59. The average Bonchev–Trinajstić information content (AvgIpc) is 2.42. The number of nitrogens with zero attached hydrogens (tertiary/aromatic N) is 2. The van der Waals surface area contributed by atoms with Gasteiger partial charge in [-0.2, -0.15) is 0 Å². The number of pyridine rings is 1. The van der Waals surface area contributed by atoms with Crippen LogP contribution in [0.25, 0.3) is 5.52 Å². The molecule has 0 aliphatic carbocycles. The van der Waals surface area contributed by atoms with E-state index in [9.17, 15) is 4.79 Å². The van der Waals surface area contributed by atoms with E-state index in [1.807, 2.05) is 6.92 Å². The molecule has 72 valence electrons. The van der Waals surface area contributed by atoms with E-state index in [2.05, 4.69) is 20.9 Å². The lowest BCUT2D eigenvalue weighted by Crippen LogP contribution is -1.97. The van der Waals surface area contributed by atoms with E-state index in [0.29, 0.717) is 4.73 Å². The van der Waals surface area contributed by atoms with Gasteiger partial charge in [-0.1, -0.05) is 0 Å². The summed E-state index contributed by atoms with van der Waals surface area (Å²) in [6, 6.07) is 3.15. The second-order valence-electron chi connectivity index (χ2n) is 2.94. The lowest BCUT2D eigenvalue weighted by molar-refractivity contribution is 0.0697. The molecule has 2 heterocycles. The smallest absolute Gasteiger partial charge is 0.335 e. The molecule has 1 N–H and O–H groups in total. The van der Waals surface area contributed by atoms with Gasteiger partial charge in [0.05, 0.1) is 16.8 Å². The molecular weight excluding hydrogens is 248 g/mol. The fourth-order valence-electron chi connectivity index (χ4n) is 1.32. The Morgan fingerprint density at radius 1 is 1.64 bits per heavy atom. The summed E-state index contributed by atoms with van der Waals surface area (Å²) in [5, 5.41) is 8.80. The molecule has 0 atom stereocenters. The molecule has 0 aliphatic rings. The summed E-state index contributed by atoms with van der Waals surface area (Å²) in [7, 11) is 0. The van der Waals surface area contributed by atoms with Gasteiger partial charge < -0.3 is 5.11 Å². The zero-order valence-electron chi connectivity index (χ0n) is 7.36. The summed E-state index contributed by atoms with van der Waals surface area (Å²) in [5.74, 6) is -0.927. The van der Waals surface area contributed by atoms with Crippen LogP contribution >= 0.6 is 15.9 Å². The van der Waals surface area contributed by atoms with Gasteiger partial charge in [0.25, 0.3) is 0 Å². The van der Waals surface area contributed by atoms with Crippen molar-refractivity contribution in [1.29, 1.82) is 0 Å². The minimum absolute atomic E-state index is 0.271. The van der Waals surface area contributed by atoms with Gasteiger partial charge in [0.2, 0.25) is 0 Å². The van der Waals surface area contributed by atoms with Crippen LogP contribution < -0.4 is 0 Å². The van der Waals surface area contributed by atoms with Gasteiger partial charge in [0.15, 0.2) is 4.73 Å². The van der Waals surface area contributed by atoms with Crippen molar-refractivity contribution >= 4 is 27.4 Å². The number of carboxylic acids is 1. The highest BCUT2D eigenvalue weighted by atomic mass is 79.9. The fraction of sp³-hybridized carbons (Fsp3) is 0.111. The van der Waals surface area contributed by atoms with Crippen molar-refractivity contribution in [2.45, 2.75) is 6.92 Å². The Morgan fingerprint density at radius 3 is 3.00 bits per heavy atom. The zero-order chi connectivity index (χ0) is 10.3. The molecule has 0 saturated carbocycles. The van der Waals surface area contributed by atoms with Gasteiger partial charge in [-0.3, -0.25) is 4.40 Å². The van der Waals surface area contributed by atoms with E-state index in [0.717, 1.165) is 11.2 Å². The van der Waals surface area contributed by atoms with E-state index < -0.39 is 5.97 Å². The lowest BCUT2D eigenvalue weighted by atomic mass is 10.2. The Balaban J connectivity index is 2.77. The summed E-state index contributed by atoms with van der Waals surface area (Å²) in [6.45, 7) is 1.84. The van der Waals surface area contributed by atoms with Crippen LogP contribution in [0.1, 0.15) is 16.1 Å². The van der Waals surface area contributed by atoms with Gasteiger partial charge in [-0.05, 0) is 35.0 Å². The number of aryl methyl sites for hydroxylation is 1. The molecule has 2 aromatic heterocycles. The van der Waals surface area contributed by atoms with Crippen molar-refractivity contribution in [3.63, 3.8) is 0 Å². The lowest BCUT2D eigenvalue weighted by Gasteiger charge is -1.97. The predicted molar refractivity (Wildman–Crippen MR) is 54.6 cm³/mol. The molecule has 0 fully saturated rings. The summed E-state index contributed by atoms with van der Waals surface area (Å²) in [4.78, 5) is 14.9. The van der Waals surface area contributed by atoms with E-state index >= 15 is 0 Å². The predicted octanol–water partition coefficient (Wildman–Crippen LogP) is 2.10. The van der Waals surface area contributed by atoms with Gasteiger partial charge in [0.1, 0.15) is 0 Å². The maximum atomic E-state index is 10.7. The first kappa shape index (κ1) is 9.21. The van der Waals surface area contributed by atoms with Crippen LogP contribution in [0.5, 0.6) is 0 Å². The number of aromatic carboxylic acids is 1. The van der Waals surface area contributed by atoms with Crippen molar-refractivity contribution in [2.24, 2.45) is 0 Å². The first-order valence-corrected chi connectivity index (χ1v) is 4.76. The third-order valence-electron chi connectivity index (χ3n) is 2.03. The number of carbonyl (C=O) groups is 1. The molecule has 14 heavy (non-hydrogen) atoms. The Bertz CT molecular complexity index is 519. The Morgan fingerprint density at radius 2 is 2.36 bits per heavy atom. The molecular formula is C9H7BrN2O2. The number of aromatic nitrogens is 2. The Kier molecular flexibility index (Phi) is 2.03. The van der Waals surface area contributed by atoms with E-state index in [-0.39, 0.29) is 5.56 Å². The number of hydrogen-bond donors (Lipinski definition) is 1. The Hall–Kier alpha value is -1.36. The summed E-state index contributed by atoms with van der Waals surface area (Å²) in [5.41, 5.74) is 1.88. The maximum Gasteiger partial charge on any atom is 0.335 e. The van der Waals surface area contributed by atoms with Gasteiger partial charge in [-0.25, -0.2) is 9.78 Å². The van der Waals surface area contributed by atoms with Crippen molar-refractivity contribution < 1.29 is 9.90 Å². The molecule has 0 unspecified atom stereocenters. The van der Waals surface area contributed by atoms with Crippen LogP contribution in [0.3, 0.4) is 0 Å². The standard InChI is InChI=1S/C9H7BrN2O2/c1-5-7-4-6(8(13)14)2-3-12(7)9(10)11-5/h2-4H,1H3,(H,13,14). The number of halogens is 1.